The molecule has 10 heteroatoms. The first-order chi connectivity index (χ1) is 18.3. The number of aliphatic hydroxyl groups excluding tert-OH is 1. The van der Waals surface area contributed by atoms with Crippen LogP contribution in [0.15, 0.2) is 59.6 Å². The number of aliphatic hydroxyl groups is 1. The Morgan fingerprint density at radius 2 is 1.89 bits per heavy atom. The highest BCUT2D eigenvalue weighted by atomic mass is 35.5. The molecule has 2 aliphatic heterocycles. The van der Waals surface area contributed by atoms with Gasteiger partial charge in [-0.25, -0.2) is 0 Å². The number of halogens is 2. The Hall–Kier alpha value is -3.72. The minimum absolute atomic E-state index is 0.0876. The van der Waals surface area contributed by atoms with E-state index in [9.17, 15) is 19.5 Å². The predicted molar refractivity (Wildman–Crippen MR) is 146 cm³/mol. The third-order valence-corrected chi connectivity index (χ3v) is 7.23. The molecule has 0 bridgehead atoms. The van der Waals surface area contributed by atoms with Crippen LogP contribution in [0.25, 0.3) is 0 Å². The number of carbonyl (C=O) groups is 3. The molecule has 0 radical (unpaired) electrons. The molecule has 2 amide bonds. The Kier molecular flexibility index (Phi) is 7.21. The number of methoxy groups -OCH3 is 1. The zero-order valence-corrected chi connectivity index (χ0v) is 21.9. The Bertz CT molecular complexity index is 1490. The highest BCUT2D eigenvalue weighted by molar-refractivity contribution is 6.36. The fourth-order valence-corrected chi connectivity index (χ4v) is 5.23. The molecule has 1 N–H and O–H groups in total. The number of aliphatic imine (C=N–C) groups is 1. The van der Waals surface area contributed by atoms with Gasteiger partial charge in [0.2, 0.25) is 0 Å². The lowest BCUT2D eigenvalue weighted by molar-refractivity contribution is -0.120. The average molecular weight is 552 g/mol. The summed E-state index contributed by atoms with van der Waals surface area (Å²) in [5, 5.41) is 10.4. The van der Waals surface area contributed by atoms with Crippen LogP contribution in [0.5, 0.6) is 5.75 Å². The van der Waals surface area contributed by atoms with Crippen molar-refractivity contribution < 1.29 is 24.2 Å². The molecule has 1 fully saturated rings. The van der Waals surface area contributed by atoms with Gasteiger partial charge >= 0.3 is 0 Å². The Labute approximate surface area is 229 Å². The third-order valence-electron chi connectivity index (χ3n) is 6.66. The third kappa shape index (κ3) is 4.55. The van der Waals surface area contributed by atoms with Gasteiger partial charge < -0.3 is 14.7 Å². The van der Waals surface area contributed by atoms with E-state index in [0.29, 0.717) is 17.8 Å². The van der Waals surface area contributed by atoms with Gasteiger partial charge in [-0.15, -0.1) is 0 Å². The molecule has 8 nitrogen and oxygen atoms in total. The highest BCUT2D eigenvalue weighted by Gasteiger charge is 2.34. The quantitative estimate of drug-likeness (QED) is 0.424. The molecule has 0 spiro atoms. The first-order valence-electron chi connectivity index (χ1n) is 11.9. The van der Waals surface area contributed by atoms with Gasteiger partial charge in [0, 0.05) is 28.9 Å². The van der Waals surface area contributed by atoms with Gasteiger partial charge in [-0.05, 0) is 55.3 Å². The minimum atomic E-state index is -0.860. The maximum absolute atomic E-state index is 13.6. The monoisotopic (exact) mass is 551 g/mol. The van der Waals surface area contributed by atoms with Crippen molar-refractivity contribution in [3.05, 3.63) is 81.3 Å². The van der Waals surface area contributed by atoms with Crippen LogP contribution in [0.3, 0.4) is 0 Å². The van der Waals surface area contributed by atoms with Gasteiger partial charge in [0.25, 0.3) is 11.8 Å². The lowest BCUT2D eigenvalue weighted by Crippen LogP contribution is -2.35. The second-order valence-electron chi connectivity index (χ2n) is 8.89. The van der Waals surface area contributed by atoms with Crippen molar-refractivity contribution in [3.63, 3.8) is 0 Å². The van der Waals surface area contributed by atoms with E-state index in [0.717, 1.165) is 12.8 Å². The van der Waals surface area contributed by atoms with Crippen LogP contribution in [0.1, 0.15) is 39.1 Å². The first-order valence-corrected chi connectivity index (χ1v) is 12.7. The van der Waals surface area contributed by atoms with Crippen LogP contribution < -0.4 is 9.64 Å². The van der Waals surface area contributed by atoms with Gasteiger partial charge in [-0.1, -0.05) is 35.3 Å². The molecule has 38 heavy (non-hydrogen) atoms. The Balaban J connectivity index is 1.70. The van der Waals surface area contributed by atoms with Crippen LogP contribution in [0.4, 0.5) is 17.1 Å². The molecule has 3 aromatic carbocycles. The summed E-state index contributed by atoms with van der Waals surface area (Å²) in [6.07, 6.45) is 3.45. The fourth-order valence-electron chi connectivity index (χ4n) is 4.84. The summed E-state index contributed by atoms with van der Waals surface area (Å²) in [5.41, 5.74) is 1.35. The van der Waals surface area contributed by atoms with E-state index in [1.54, 1.807) is 41.4 Å². The lowest BCUT2D eigenvalue weighted by Gasteiger charge is -2.27. The standard InChI is InChI=1S/C28H23Cl2N3O5/c1-38-25-12-19-22(31-14-17-5-4-10-32(17)28(19)37)13-24(25)33(26(35)15-34)23-9-8-16(29)11-20(23)27(36)18-6-2-3-7-21(18)30/h2-3,6-9,11-14,17,34H,4-5,10,15H2,1H3/t17-/m0/s1. The predicted octanol–water partition coefficient (Wildman–Crippen LogP) is 5.21. The van der Waals surface area contributed by atoms with Gasteiger partial charge in [0.05, 0.1) is 40.8 Å². The molecule has 2 aliphatic rings. The Morgan fingerprint density at radius 1 is 1.11 bits per heavy atom. The number of fused-ring (bicyclic) bond motifs is 2. The summed E-state index contributed by atoms with van der Waals surface area (Å²) >= 11 is 12.6. The van der Waals surface area contributed by atoms with Crippen molar-refractivity contribution in [1.82, 2.24) is 4.90 Å². The number of rotatable bonds is 6. The summed E-state index contributed by atoms with van der Waals surface area (Å²) < 4.78 is 5.61. The number of anilines is 2. The molecule has 0 aliphatic carbocycles. The largest absolute Gasteiger partial charge is 0.495 e. The molecule has 0 unspecified atom stereocenters. The number of ketones is 1. The summed E-state index contributed by atoms with van der Waals surface area (Å²) in [6, 6.07) is 14.0. The van der Waals surface area contributed by atoms with Gasteiger partial charge in [-0.2, -0.15) is 0 Å². The number of ether oxygens (including phenoxy) is 1. The van der Waals surface area contributed by atoms with E-state index in [2.05, 4.69) is 4.99 Å². The molecular weight excluding hydrogens is 529 g/mol. The number of nitrogens with zero attached hydrogens (tertiary/aromatic N) is 3. The fraction of sp³-hybridized carbons (Fsp3) is 0.214. The smallest absolute Gasteiger partial charge is 0.257 e. The summed E-state index contributed by atoms with van der Waals surface area (Å²) in [5.74, 6) is -1.18. The summed E-state index contributed by atoms with van der Waals surface area (Å²) in [6.45, 7) is -0.229. The molecule has 5 rings (SSSR count). The minimum Gasteiger partial charge on any atom is -0.495 e. The number of carbonyl (C=O) groups excluding carboxylic acids is 3. The van der Waals surface area contributed by atoms with E-state index < -0.39 is 18.3 Å². The van der Waals surface area contributed by atoms with Crippen LogP contribution in [-0.4, -0.2) is 60.1 Å². The van der Waals surface area contributed by atoms with E-state index in [-0.39, 0.29) is 50.2 Å². The maximum Gasteiger partial charge on any atom is 0.257 e. The number of hydrogen-bond donors (Lipinski definition) is 1. The number of hydrogen-bond acceptors (Lipinski definition) is 6. The van der Waals surface area contributed by atoms with E-state index in [4.69, 9.17) is 27.9 Å². The van der Waals surface area contributed by atoms with Gasteiger partial charge in [0.1, 0.15) is 12.4 Å². The van der Waals surface area contributed by atoms with Crippen LogP contribution >= 0.6 is 23.2 Å². The number of amides is 2. The molecule has 0 aromatic heterocycles. The molecule has 194 valence electrons. The van der Waals surface area contributed by atoms with Crippen LogP contribution in [0, 0.1) is 0 Å². The van der Waals surface area contributed by atoms with E-state index in [1.165, 1.54) is 36.3 Å². The maximum atomic E-state index is 13.6. The second kappa shape index (κ2) is 10.6. The molecule has 1 saturated heterocycles. The van der Waals surface area contributed by atoms with Crippen molar-refractivity contribution in [2.75, 3.05) is 25.2 Å². The topological polar surface area (TPSA) is 99.5 Å². The normalized spacial score (nSPS) is 16.1. The summed E-state index contributed by atoms with van der Waals surface area (Å²) in [4.78, 5) is 47.7. The average Bonchev–Trinajstić information content (AvgIpc) is 3.36. The zero-order chi connectivity index (χ0) is 27.0. The van der Waals surface area contributed by atoms with Crippen LogP contribution in [0.2, 0.25) is 10.0 Å². The van der Waals surface area contributed by atoms with Crippen LogP contribution in [-0.2, 0) is 4.79 Å². The van der Waals surface area contributed by atoms with Gasteiger partial charge in [0.15, 0.2) is 5.78 Å². The van der Waals surface area contributed by atoms with Crippen molar-refractivity contribution in [2.45, 2.75) is 18.9 Å². The summed E-state index contributed by atoms with van der Waals surface area (Å²) in [7, 11) is 1.41. The van der Waals surface area contributed by atoms with E-state index >= 15 is 0 Å². The first kappa shape index (κ1) is 25.9. The van der Waals surface area contributed by atoms with Gasteiger partial charge in [-0.3, -0.25) is 24.3 Å². The molecular formula is C28H23Cl2N3O5. The van der Waals surface area contributed by atoms with E-state index in [1.807, 2.05) is 0 Å². The zero-order valence-electron chi connectivity index (χ0n) is 20.4. The molecule has 2 heterocycles. The van der Waals surface area contributed by atoms with Crippen molar-refractivity contribution in [2.24, 2.45) is 4.99 Å². The molecule has 0 saturated carbocycles. The lowest BCUT2D eigenvalue weighted by atomic mass is 10.00. The highest BCUT2D eigenvalue weighted by Crippen LogP contribution is 2.43. The van der Waals surface area contributed by atoms with Crippen molar-refractivity contribution >= 4 is 64.1 Å². The van der Waals surface area contributed by atoms with Crippen molar-refractivity contribution in [1.29, 1.82) is 0 Å². The SMILES string of the molecule is COc1cc2c(cc1N(C(=O)CO)c1ccc(Cl)cc1C(=O)c1ccccc1Cl)N=C[C@@H]1CCCN1C2=O. The number of benzene rings is 3. The second-order valence-corrected chi connectivity index (χ2v) is 9.73. The Morgan fingerprint density at radius 3 is 2.63 bits per heavy atom. The molecule has 3 aromatic rings. The molecule has 1 atom stereocenters. The van der Waals surface area contributed by atoms with Crippen molar-refractivity contribution in [3.8, 4) is 5.75 Å².